The first-order valence-corrected chi connectivity index (χ1v) is 7.15. The van der Waals surface area contributed by atoms with Gasteiger partial charge >= 0.3 is 5.97 Å². The van der Waals surface area contributed by atoms with Gasteiger partial charge in [-0.3, -0.25) is 9.48 Å². The zero-order chi connectivity index (χ0) is 13.8. The van der Waals surface area contributed by atoms with E-state index in [1.807, 2.05) is 19.9 Å². The van der Waals surface area contributed by atoms with Gasteiger partial charge in [0.05, 0.1) is 5.69 Å². The molecule has 0 saturated heterocycles. The monoisotopic (exact) mass is 275 g/mol. The summed E-state index contributed by atoms with van der Waals surface area (Å²) >= 11 is 0. The highest BCUT2D eigenvalue weighted by Crippen LogP contribution is 2.02. The van der Waals surface area contributed by atoms with Gasteiger partial charge in [-0.15, -0.1) is 0 Å². The number of carboxylic acid groups (broad SMARTS) is 1. The maximum absolute atomic E-state index is 11.2. The lowest BCUT2D eigenvalue weighted by atomic mass is 10.4. The number of hydrogen-bond donors (Lipinski definition) is 2. The number of carbonyl (C=O) groups is 1. The highest BCUT2D eigenvalue weighted by molar-refractivity contribution is 7.90. The summed E-state index contributed by atoms with van der Waals surface area (Å²) in [5.74, 6) is -2.26. The van der Waals surface area contributed by atoms with E-state index < -0.39 is 21.7 Å². The Morgan fingerprint density at radius 1 is 1.50 bits per heavy atom. The SMILES string of the molecule is Cc1cc(C)n(CCCNS(=O)(=O)CC(=O)O)n1. The van der Waals surface area contributed by atoms with Crippen molar-refractivity contribution < 1.29 is 18.3 Å². The third kappa shape index (κ3) is 4.84. The van der Waals surface area contributed by atoms with E-state index in [1.54, 1.807) is 4.68 Å². The molecule has 0 radical (unpaired) electrons. The first-order valence-electron chi connectivity index (χ1n) is 5.50. The van der Waals surface area contributed by atoms with Crippen LogP contribution in [0.3, 0.4) is 0 Å². The molecule has 7 nitrogen and oxygen atoms in total. The van der Waals surface area contributed by atoms with Crippen LogP contribution in [0.4, 0.5) is 0 Å². The van der Waals surface area contributed by atoms with Crippen LogP contribution in [0.25, 0.3) is 0 Å². The van der Waals surface area contributed by atoms with Gasteiger partial charge in [-0.25, -0.2) is 13.1 Å². The van der Waals surface area contributed by atoms with Crippen molar-refractivity contribution in [2.24, 2.45) is 0 Å². The van der Waals surface area contributed by atoms with Gasteiger partial charge in [-0.1, -0.05) is 0 Å². The summed E-state index contributed by atoms with van der Waals surface area (Å²) in [7, 11) is -3.72. The van der Waals surface area contributed by atoms with Crippen molar-refractivity contribution in [1.82, 2.24) is 14.5 Å². The van der Waals surface area contributed by atoms with E-state index in [4.69, 9.17) is 5.11 Å². The van der Waals surface area contributed by atoms with E-state index in [0.29, 0.717) is 13.0 Å². The van der Waals surface area contributed by atoms with Gasteiger partial charge in [0.25, 0.3) is 0 Å². The molecule has 0 amide bonds. The minimum absolute atomic E-state index is 0.202. The van der Waals surface area contributed by atoms with Crippen LogP contribution >= 0.6 is 0 Å². The number of sulfonamides is 1. The molecule has 102 valence electrons. The quantitative estimate of drug-likeness (QED) is 0.676. The highest BCUT2D eigenvalue weighted by Gasteiger charge is 2.14. The Hall–Kier alpha value is -1.41. The lowest BCUT2D eigenvalue weighted by Crippen LogP contribution is -2.31. The molecule has 0 spiro atoms. The van der Waals surface area contributed by atoms with Crippen LogP contribution in [-0.2, 0) is 21.4 Å². The van der Waals surface area contributed by atoms with Crippen molar-refractivity contribution in [3.05, 3.63) is 17.5 Å². The van der Waals surface area contributed by atoms with Gasteiger partial charge < -0.3 is 5.11 Å². The Bertz CT molecular complexity index is 521. The maximum Gasteiger partial charge on any atom is 0.320 e. The Morgan fingerprint density at radius 2 is 2.17 bits per heavy atom. The molecule has 1 aromatic rings. The van der Waals surface area contributed by atoms with E-state index >= 15 is 0 Å². The molecule has 0 aliphatic rings. The number of nitrogens with zero attached hydrogens (tertiary/aromatic N) is 2. The smallest absolute Gasteiger partial charge is 0.320 e. The molecule has 1 aromatic heterocycles. The molecule has 0 unspecified atom stereocenters. The topological polar surface area (TPSA) is 101 Å². The standard InChI is InChI=1S/C10H17N3O4S/c1-8-6-9(2)13(12-8)5-3-4-11-18(16,17)7-10(14)15/h6,11H,3-5,7H2,1-2H3,(H,14,15). The summed E-state index contributed by atoms with van der Waals surface area (Å²) in [6, 6.07) is 1.94. The van der Waals surface area contributed by atoms with Gasteiger partial charge in [-0.2, -0.15) is 5.10 Å². The fraction of sp³-hybridized carbons (Fsp3) is 0.600. The zero-order valence-corrected chi connectivity index (χ0v) is 11.2. The molecule has 1 heterocycles. The van der Waals surface area contributed by atoms with Crippen LogP contribution in [0, 0.1) is 13.8 Å². The van der Waals surface area contributed by atoms with Gasteiger partial charge in [0.1, 0.15) is 0 Å². The van der Waals surface area contributed by atoms with E-state index in [1.165, 1.54) is 0 Å². The fourth-order valence-corrected chi connectivity index (χ4v) is 2.45. The molecule has 0 aliphatic carbocycles. The number of aryl methyl sites for hydroxylation is 3. The van der Waals surface area contributed by atoms with Crippen molar-refractivity contribution in [3.8, 4) is 0 Å². The molecule has 0 saturated carbocycles. The minimum Gasteiger partial charge on any atom is -0.480 e. The average Bonchev–Trinajstić information content (AvgIpc) is 2.50. The molecule has 1 rings (SSSR count). The zero-order valence-electron chi connectivity index (χ0n) is 10.4. The Labute approximate surface area is 106 Å². The van der Waals surface area contributed by atoms with Gasteiger partial charge in [0.2, 0.25) is 10.0 Å². The van der Waals surface area contributed by atoms with Crippen molar-refractivity contribution in [2.75, 3.05) is 12.3 Å². The second-order valence-electron chi connectivity index (χ2n) is 4.05. The van der Waals surface area contributed by atoms with Crippen molar-refractivity contribution in [1.29, 1.82) is 0 Å². The van der Waals surface area contributed by atoms with Crippen LogP contribution in [0.5, 0.6) is 0 Å². The first kappa shape index (κ1) is 14.7. The van der Waals surface area contributed by atoms with E-state index in [-0.39, 0.29) is 6.54 Å². The van der Waals surface area contributed by atoms with Crippen molar-refractivity contribution >= 4 is 16.0 Å². The molecule has 0 aliphatic heterocycles. The van der Waals surface area contributed by atoms with Gasteiger partial charge in [0, 0.05) is 18.8 Å². The summed E-state index contributed by atoms with van der Waals surface area (Å²) in [6.07, 6.45) is 0.556. The molecule has 18 heavy (non-hydrogen) atoms. The normalized spacial score (nSPS) is 11.7. The Kier molecular flexibility index (Phi) is 4.85. The maximum atomic E-state index is 11.2. The van der Waals surface area contributed by atoms with Gasteiger partial charge in [0.15, 0.2) is 5.75 Å². The number of rotatable bonds is 7. The van der Waals surface area contributed by atoms with Gasteiger partial charge in [-0.05, 0) is 26.3 Å². The lowest BCUT2D eigenvalue weighted by Gasteiger charge is -2.06. The minimum atomic E-state index is -3.72. The number of carboxylic acids is 1. The first-order chi connectivity index (χ1) is 8.30. The Balaban J connectivity index is 2.35. The Morgan fingerprint density at radius 3 is 2.67 bits per heavy atom. The summed E-state index contributed by atoms with van der Waals surface area (Å²) in [4.78, 5) is 10.3. The van der Waals surface area contributed by atoms with Crippen LogP contribution in [-0.4, -0.2) is 41.6 Å². The summed E-state index contributed by atoms with van der Waals surface area (Å²) in [6.45, 7) is 4.61. The van der Waals surface area contributed by atoms with E-state index in [9.17, 15) is 13.2 Å². The second kappa shape index (κ2) is 5.96. The van der Waals surface area contributed by atoms with Crippen molar-refractivity contribution in [2.45, 2.75) is 26.8 Å². The van der Waals surface area contributed by atoms with Crippen LogP contribution in [0.15, 0.2) is 6.07 Å². The third-order valence-electron chi connectivity index (χ3n) is 2.29. The highest BCUT2D eigenvalue weighted by atomic mass is 32.2. The fourth-order valence-electron chi connectivity index (χ4n) is 1.57. The molecule has 0 aromatic carbocycles. The molecule has 0 fully saturated rings. The van der Waals surface area contributed by atoms with Crippen LogP contribution in [0.1, 0.15) is 17.8 Å². The number of nitrogens with one attached hydrogen (secondary N) is 1. The summed E-state index contributed by atoms with van der Waals surface area (Å²) in [5, 5.41) is 12.6. The predicted molar refractivity (Wildman–Crippen MR) is 65.7 cm³/mol. The van der Waals surface area contributed by atoms with E-state index in [0.717, 1.165) is 11.4 Å². The average molecular weight is 275 g/mol. The molecule has 0 atom stereocenters. The number of hydrogen-bond acceptors (Lipinski definition) is 4. The number of aliphatic carboxylic acids is 1. The predicted octanol–water partition coefficient (Wildman–Crippen LogP) is -0.106. The van der Waals surface area contributed by atoms with Crippen molar-refractivity contribution in [3.63, 3.8) is 0 Å². The molecule has 0 bridgehead atoms. The second-order valence-corrected chi connectivity index (χ2v) is 5.86. The molecule has 8 heteroatoms. The molecule has 2 N–H and O–H groups in total. The molecular formula is C10H17N3O4S. The van der Waals surface area contributed by atoms with E-state index in [2.05, 4.69) is 9.82 Å². The lowest BCUT2D eigenvalue weighted by molar-refractivity contribution is -0.134. The number of aromatic nitrogens is 2. The summed E-state index contributed by atoms with van der Waals surface area (Å²) < 4.78 is 26.4. The van der Waals surface area contributed by atoms with Crippen LogP contribution in [0.2, 0.25) is 0 Å². The largest absolute Gasteiger partial charge is 0.480 e. The summed E-state index contributed by atoms with van der Waals surface area (Å²) in [5.41, 5.74) is 1.93. The molecular weight excluding hydrogens is 258 g/mol. The van der Waals surface area contributed by atoms with Crippen LogP contribution < -0.4 is 4.72 Å². The third-order valence-corrected chi connectivity index (χ3v) is 3.56.